The van der Waals surface area contributed by atoms with Crippen molar-refractivity contribution in [1.82, 2.24) is 37.2 Å². The van der Waals surface area contributed by atoms with Gasteiger partial charge in [-0.15, -0.1) is 22.6 Å². The van der Waals surface area contributed by atoms with Gasteiger partial charge in [0, 0.05) is 166 Å². The maximum Gasteiger partial charge on any atom is 1.00 e. The molecule has 6 fully saturated rings. The molecule has 0 aromatic carbocycles. The molecule has 5 atom stereocenters. The molecule has 7 rings (SSSR count). The number of carboxylic acid groups (broad SMARTS) is 3. The van der Waals surface area contributed by atoms with Crippen molar-refractivity contribution in [2.75, 3.05) is 6.61 Å². The molecule has 7 aliphatic heterocycles. The largest absolute Gasteiger partial charge is 1.00 e. The van der Waals surface area contributed by atoms with E-state index in [1.54, 1.807) is 27.7 Å². The van der Waals surface area contributed by atoms with Crippen molar-refractivity contribution in [3.63, 3.8) is 0 Å². The van der Waals surface area contributed by atoms with Crippen LogP contribution in [0.3, 0.4) is 0 Å². The Hall–Kier alpha value is -0.509. The summed E-state index contributed by atoms with van der Waals surface area (Å²) in [7, 11) is 0. The van der Waals surface area contributed by atoms with Crippen molar-refractivity contribution < 1.29 is 135 Å². The number of aliphatic hydroxyl groups is 2. The van der Waals surface area contributed by atoms with Gasteiger partial charge in [-0.25, -0.2) is 0 Å². The van der Waals surface area contributed by atoms with Crippen LogP contribution in [-0.4, -0.2) is 203 Å². The van der Waals surface area contributed by atoms with Crippen LogP contribution in [0.2, 0.25) is 0 Å². The van der Waals surface area contributed by atoms with Gasteiger partial charge in [-0.1, -0.05) is 110 Å². The van der Waals surface area contributed by atoms with E-state index in [1.807, 2.05) is 89.2 Å². The monoisotopic (exact) mass is 2070 g/mol. The van der Waals surface area contributed by atoms with Crippen molar-refractivity contribution in [2.24, 2.45) is 5.73 Å². The number of nitrogens with one attached hydrogen (secondary N) is 7. The average molecular weight is 2080 g/mol. The summed E-state index contributed by atoms with van der Waals surface area (Å²) < 4.78 is 11.5. The molecule has 0 saturated carbocycles. The third-order valence-corrected chi connectivity index (χ3v) is 22.7. The summed E-state index contributed by atoms with van der Waals surface area (Å²) in [6, 6.07) is 0. The second-order valence-electron chi connectivity index (χ2n) is 41.4. The Morgan fingerprint density at radius 3 is 0.942 bits per heavy atom. The average Bonchev–Trinajstić information content (AvgIpc) is 1.03. The number of carboxylic acids is 3. The first-order valence-corrected chi connectivity index (χ1v) is 47.7. The number of carbonyl (C=O) groups excluding carboxylic acids is 6. The molecule has 0 aromatic heterocycles. The summed E-state index contributed by atoms with van der Waals surface area (Å²) >= 11 is 15.9. The summed E-state index contributed by atoms with van der Waals surface area (Å²) in [5.41, 5.74) is 3.67. The summed E-state index contributed by atoms with van der Waals surface area (Å²) in [5.74, 6) is -1.91. The van der Waals surface area contributed by atoms with Crippen molar-refractivity contribution in [2.45, 2.75) is 481 Å². The zero-order valence-corrected chi connectivity index (χ0v) is 92.3. The van der Waals surface area contributed by atoms with Crippen LogP contribution in [-0.2, 0) is 52.6 Å². The minimum absolute atomic E-state index is 0. The summed E-state index contributed by atoms with van der Waals surface area (Å²) in [4.78, 5) is 98.8. The number of ketones is 3. The van der Waals surface area contributed by atoms with Crippen LogP contribution in [0, 0.1) is 0 Å². The fourth-order valence-electron chi connectivity index (χ4n) is 15.8. The van der Waals surface area contributed by atoms with Crippen LogP contribution >= 0.6 is 89.2 Å². The molecule has 33 heteroatoms. The maximum atomic E-state index is 12.2. The van der Waals surface area contributed by atoms with E-state index in [0.717, 1.165) is 103 Å². The fraction of sp³-hybridized carbons (Fsp3) is 0.874. The number of alkyl halides is 2. The van der Waals surface area contributed by atoms with E-state index >= 15 is 0 Å². The Labute approximate surface area is 817 Å². The van der Waals surface area contributed by atoms with E-state index in [9.17, 15) is 48.6 Å². The standard InChI is InChI=1S/C26H48N2O4.C10H18O4.C9H15Br2NO.C9H16N2O.C9H17NO.C8H17NO.C8H15NO.C4H9O.C2H4O2.C2H6O.BS.Br2.BrH.K/c1-23(2)17-19(25(5,6)27-23)31-21(29)15-13-11-9-10-12-14-16-22(30)32-20-18-24(3,4)28-26(20,7)8;11-9(12)7-5-3-1-2-4-6-8-10(13)14;1-8(2)6(10)5(13)7(11)9(3,4)12-8;1-8(2)5-6(7(10)12)9(3,4)11-8;1-8(2)5-7(11)6-9(3,4)10-8;2*1-7(2)5-6(10)8(3,4)9-7;1-4(2,3)5;1-2(3)4;1-2-3;2*1-2;;/h19-20,27-28H,9-18H2,1-8H3;1-8H2,(H,11,12)(H,13,14);6-7,12H,1-4H3;5,11H,1-4H3,(H2,10,12);10H,5-6H2,1-4H3;6,9-10H,5H2,1-4H3;9H,5H2,1-4H3;1-3H3;1H3,(H,3,4);3H,2H2,1H3;;;1H;/q;;;;;;;-1;;;;;;+1. The molecule has 0 aromatic rings. The second kappa shape index (κ2) is 58.3. The Morgan fingerprint density at radius 1 is 0.483 bits per heavy atom. The van der Waals surface area contributed by atoms with Crippen molar-refractivity contribution in [1.29, 1.82) is 0 Å². The number of aliphatic carboxylic acids is 3. The molecule has 1 amide bonds. The molecule has 120 heavy (non-hydrogen) atoms. The van der Waals surface area contributed by atoms with Crippen LogP contribution < -0.4 is 99.4 Å². The third-order valence-electron chi connectivity index (χ3n) is 19.5. The SMILES string of the molecule is Br.BrBr.CC(=O)O.CC(C)(C)[O-].CC1(C)C=C(C(N)=O)C(C)(C)N1.CC1(C)CC(=O)C(C)(C)N1.CC1(C)CC(=O)CC(C)(C)N1.CC1(C)CC(O)C(C)(C)N1.CC1(C)CC(OC(=O)CCCCCCCCC(=O)OC2CC(C)(C)NC2(C)C)C(C)(C)N1.CC1(C)NC(C)(C)C(Br)C(=O)C1Br.CCO.O=C(O)CCCCCCCCC(=O)O.[B]=S.[K+]. The number of nitrogens with two attached hydrogens (primary N) is 1. The minimum atomic E-state index is -0.833. The smallest absolute Gasteiger partial charge is 1.00 e. The minimum Gasteiger partial charge on any atom is 1.00 e. The third kappa shape index (κ3) is 61.9. The van der Waals surface area contributed by atoms with Crippen molar-refractivity contribution in [3.8, 4) is 0 Å². The molecule has 701 valence electrons. The summed E-state index contributed by atoms with van der Waals surface area (Å²) in [5, 5.41) is 75.2. The number of halogens is 5. The second-order valence-corrected chi connectivity index (χ2v) is 43.2. The van der Waals surface area contributed by atoms with Crippen LogP contribution in [0.4, 0.5) is 0 Å². The molecule has 25 nitrogen and oxygen atoms in total. The molecule has 0 spiro atoms. The number of amides is 1. The van der Waals surface area contributed by atoms with Crippen LogP contribution in [0.25, 0.3) is 0 Å². The van der Waals surface area contributed by atoms with Gasteiger partial charge in [-0.05, 0) is 233 Å². The van der Waals surface area contributed by atoms with Gasteiger partial charge >= 0.3 is 94.0 Å². The van der Waals surface area contributed by atoms with E-state index in [2.05, 4.69) is 227 Å². The molecule has 7 aliphatic rings. The number of carbonyl (C=O) groups is 9. The van der Waals surface area contributed by atoms with Gasteiger partial charge in [0.25, 0.3) is 5.97 Å². The van der Waals surface area contributed by atoms with E-state index in [0.29, 0.717) is 49.2 Å². The number of esters is 2. The van der Waals surface area contributed by atoms with Gasteiger partial charge < -0.3 is 72.4 Å². The number of Topliss-reactive ketones (excluding diaryl/α,β-unsaturated/α-hetero) is 3. The number of ether oxygens (including phenoxy) is 2. The molecule has 1 radical (unpaired) electrons. The number of hydrogen-bond donors (Lipinski definition) is 13. The normalized spacial score (nSPS) is 24.0. The van der Waals surface area contributed by atoms with E-state index < -0.39 is 23.5 Å². The molecule has 5 unspecified atom stereocenters. The first kappa shape index (κ1) is 133. The molecule has 7 heterocycles. The number of hydrogen-bond acceptors (Lipinski definition) is 22. The number of primary amides is 1. The first-order chi connectivity index (χ1) is 52.8. The van der Waals surface area contributed by atoms with E-state index in [1.165, 1.54) is 0 Å². The molecular formula is C87H166BBr5KN8O17S. The number of rotatable bonds is 21. The zero-order chi connectivity index (χ0) is 94.5. The Morgan fingerprint density at radius 2 is 0.758 bits per heavy atom. The van der Waals surface area contributed by atoms with Crippen LogP contribution in [0.5, 0.6) is 0 Å². The van der Waals surface area contributed by atoms with Crippen molar-refractivity contribution >= 4 is 149 Å². The molecule has 6 saturated heterocycles. The Bertz CT molecular complexity index is 2990. The quantitative estimate of drug-likeness (QED) is 0.0220. The molecule has 14 N–H and O–H groups in total. The van der Waals surface area contributed by atoms with Gasteiger partial charge in [0.15, 0.2) is 11.6 Å². The van der Waals surface area contributed by atoms with E-state index in [-0.39, 0.29) is 217 Å². The number of aliphatic hydroxyl groups excluding tert-OH is 2. The van der Waals surface area contributed by atoms with Crippen molar-refractivity contribution in [3.05, 3.63) is 11.6 Å². The van der Waals surface area contributed by atoms with Gasteiger partial charge in [-0.3, -0.25) is 53.8 Å². The van der Waals surface area contributed by atoms with Gasteiger partial charge in [-0.2, -0.15) is 0 Å². The van der Waals surface area contributed by atoms with Gasteiger partial charge in [0.1, 0.15) is 18.0 Å². The van der Waals surface area contributed by atoms with E-state index in [4.69, 9.17) is 40.4 Å². The Kier molecular flexibility index (Phi) is 64.4. The molecular weight excluding hydrogens is 1910 g/mol. The topological polar surface area (TPSA) is 407 Å². The van der Waals surface area contributed by atoms with Crippen LogP contribution in [0.15, 0.2) is 11.6 Å². The number of unbranched alkanes of at least 4 members (excludes halogenated alkanes) is 10. The number of piperidine rings is 2. The van der Waals surface area contributed by atoms with Crippen LogP contribution in [0.1, 0.15) is 370 Å². The first-order valence-electron chi connectivity index (χ1n) is 41.6. The predicted molar refractivity (Wildman–Crippen MR) is 507 cm³/mol. The van der Waals surface area contributed by atoms with Gasteiger partial charge in [0.05, 0.1) is 32.4 Å². The predicted octanol–water partition coefficient (Wildman–Crippen LogP) is 13.4. The summed E-state index contributed by atoms with van der Waals surface area (Å²) in [6.07, 6.45) is 18.8. The Balaban J connectivity index is -0.000000250. The maximum absolute atomic E-state index is 12.2. The van der Waals surface area contributed by atoms with Gasteiger partial charge in [0.2, 0.25) is 5.91 Å². The fourth-order valence-corrected chi connectivity index (χ4v) is 16.9. The zero-order valence-electron chi connectivity index (χ0n) is 80.3. The molecule has 0 aliphatic carbocycles. The summed E-state index contributed by atoms with van der Waals surface area (Å²) in [6.45, 7) is 69.6. The molecule has 0 bridgehead atoms.